The number of benzene rings is 2. The first-order valence-electron chi connectivity index (χ1n) is 9.07. The van der Waals surface area contributed by atoms with Crippen molar-refractivity contribution in [3.63, 3.8) is 0 Å². The van der Waals surface area contributed by atoms with Gasteiger partial charge in [-0.3, -0.25) is 4.79 Å². The largest absolute Gasteiger partial charge is 0.494 e. The predicted molar refractivity (Wildman–Crippen MR) is 109 cm³/mol. The van der Waals surface area contributed by atoms with E-state index in [0.29, 0.717) is 25.7 Å². The van der Waals surface area contributed by atoms with Crippen LogP contribution >= 0.6 is 0 Å². The first-order chi connectivity index (χ1) is 13.1. The third-order valence-corrected chi connectivity index (χ3v) is 3.89. The summed E-state index contributed by atoms with van der Waals surface area (Å²) in [6.45, 7) is 3.83. The van der Waals surface area contributed by atoms with Crippen LogP contribution in [0.2, 0.25) is 0 Å². The quantitative estimate of drug-likeness (QED) is 0.555. The van der Waals surface area contributed by atoms with Crippen molar-refractivity contribution in [1.82, 2.24) is 15.5 Å². The molecule has 0 aliphatic heterocycles. The predicted octanol–water partition coefficient (Wildman–Crippen LogP) is 2.41. The molecular weight excluding hydrogens is 340 g/mol. The minimum absolute atomic E-state index is 0.0149. The fourth-order valence-electron chi connectivity index (χ4n) is 2.37. The maximum absolute atomic E-state index is 11.9. The summed E-state index contributed by atoms with van der Waals surface area (Å²) in [6.07, 6.45) is 0. The molecule has 144 valence electrons. The van der Waals surface area contributed by atoms with Crippen molar-refractivity contribution < 1.29 is 9.53 Å². The highest BCUT2D eigenvalue weighted by molar-refractivity contribution is 5.86. The molecule has 2 aromatic rings. The van der Waals surface area contributed by atoms with Crippen molar-refractivity contribution in [1.29, 1.82) is 0 Å². The summed E-state index contributed by atoms with van der Waals surface area (Å²) in [5, 5.41) is 6.39. The Hall–Kier alpha value is -3.02. The Labute approximate surface area is 161 Å². The number of hydrogen-bond donors (Lipinski definition) is 2. The van der Waals surface area contributed by atoms with Crippen LogP contribution in [0, 0.1) is 0 Å². The van der Waals surface area contributed by atoms with E-state index in [0.717, 1.165) is 16.9 Å². The van der Waals surface area contributed by atoms with Gasteiger partial charge >= 0.3 is 0 Å². The highest BCUT2D eigenvalue weighted by atomic mass is 16.5. The molecule has 2 aromatic carbocycles. The summed E-state index contributed by atoms with van der Waals surface area (Å²) in [5.41, 5.74) is 2.14. The molecule has 27 heavy (non-hydrogen) atoms. The first kappa shape index (κ1) is 20.3. The minimum atomic E-state index is -0.0149. The highest BCUT2D eigenvalue weighted by Crippen LogP contribution is 2.17. The second-order valence-electron chi connectivity index (χ2n) is 6.19. The van der Waals surface area contributed by atoms with E-state index >= 15 is 0 Å². The van der Waals surface area contributed by atoms with E-state index in [9.17, 15) is 4.79 Å². The van der Waals surface area contributed by atoms with Gasteiger partial charge in [-0.15, -0.1) is 0 Å². The Kier molecular flexibility index (Phi) is 8.16. The number of nitrogens with one attached hydrogen (secondary N) is 2. The van der Waals surface area contributed by atoms with Crippen molar-refractivity contribution in [2.45, 2.75) is 20.0 Å². The number of carbonyl (C=O) groups excluding carboxylic acids is 1. The average molecular weight is 368 g/mol. The maximum atomic E-state index is 11.9. The normalized spacial score (nSPS) is 11.0. The van der Waals surface area contributed by atoms with Crippen LogP contribution in [0.25, 0.3) is 0 Å². The average Bonchev–Trinajstić information content (AvgIpc) is 2.69. The molecule has 0 fully saturated rings. The lowest BCUT2D eigenvalue weighted by Crippen LogP contribution is -2.42. The number of ether oxygens (including phenoxy) is 1. The van der Waals surface area contributed by atoms with Crippen molar-refractivity contribution >= 4 is 11.9 Å². The van der Waals surface area contributed by atoms with Gasteiger partial charge in [0.05, 0.1) is 19.7 Å². The Balaban J connectivity index is 2.05. The molecule has 0 saturated heterocycles. The van der Waals surface area contributed by atoms with Crippen LogP contribution in [0.5, 0.6) is 5.75 Å². The molecule has 2 N–H and O–H groups in total. The summed E-state index contributed by atoms with van der Waals surface area (Å²) >= 11 is 0. The summed E-state index contributed by atoms with van der Waals surface area (Å²) < 4.78 is 5.67. The van der Waals surface area contributed by atoms with Gasteiger partial charge in [0.25, 0.3) is 0 Å². The van der Waals surface area contributed by atoms with Crippen LogP contribution < -0.4 is 15.4 Å². The summed E-state index contributed by atoms with van der Waals surface area (Å²) in [5.74, 6) is 1.42. The number of para-hydroxylation sites is 1. The molecule has 0 saturated carbocycles. The van der Waals surface area contributed by atoms with Gasteiger partial charge in [-0.25, -0.2) is 4.99 Å². The number of nitrogens with zero attached hydrogens (tertiary/aromatic N) is 2. The molecule has 0 atom stereocenters. The van der Waals surface area contributed by atoms with Gasteiger partial charge in [0, 0.05) is 26.2 Å². The number of carbonyl (C=O) groups is 1. The highest BCUT2D eigenvalue weighted by Gasteiger charge is 2.08. The molecule has 0 heterocycles. The monoisotopic (exact) mass is 368 g/mol. The molecule has 0 aromatic heterocycles. The van der Waals surface area contributed by atoms with Crippen molar-refractivity contribution in [3.8, 4) is 5.75 Å². The maximum Gasteiger partial charge on any atom is 0.241 e. The third kappa shape index (κ3) is 7.01. The van der Waals surface area contributed by atoms with Gasteiger partial charge < -0.3 is 20.3 Å². The molecule has 2 rings (SSSR count). The standard InChI is InChI=1S/C21H28N4O2/c1-4-27-19-13-9-8-12-18(19)15-23-21(24-16-20(26)25(2)3)22-14-17-10-6-5-7-11-17/h5-13H,4,14-16H2,1-3H3,(H2,22,23,24). The molecular formula is C21H28N4O2. The smallest absolute Gasteiger partial charge is 0.241 e. The minimum Gasteiger partial charge on any atom is -0.494 e. The van der Waals surface area contributed by atoms with Crippen LogP contribution in [0.4, 0.5) is 0 Å². The van der Waals surface area contributed by atoms with Crippen LogP contribution in [-0.4, -0.2) is 44.0 Å². The van der Waals surface area contributed by atoms with Gasteiger partial charge in [0.2, 0.25) is 5.91 Å². The van der Waals surface area contributed by atoms with Gasteiger partial charge in [0.15, 0.2) is 5.96 Å². The molecule has 0 unspecified atom stereocenters. The summed E-state index contributed by atoms with van der Waals surface area (Å²) in [4.78, 5) is 18.0. The first-order valence-corrected chi connectivity index (χ1v) is 9.07. The Morgan fingerprint density at radius 1 is 1.04 bits per heavy atom. The van der Waals surface area contributed by atoms with Crippen LogP contribution in [0.1, 0.15) is 18.1 Å². The number of guanidine groups is 1. The second kappa shape index (κ2) is 10.9. The van der Waals surface area contributed by atoms with Gasteiger partial charge in [-0.05, 0) is 18.6 Å². The number of amides is 1. The topological polar surface area (TPSA) is 66.0 Å². The number of aliphatic imine (C=N–C) groups is 1. The fraction of sp³-hybridized carbons (Fsp3) is 0.333. The third-order valence-electron chi connectivity index (χ3n) is 3.89. The zero-order valence-electron chi connectivity index (χ0n) is 16.2. The van der Waals surface area contributed by atoms with E-state index in [1.165, 1.54) is 0 Å². The fourth-order valence-corrected chi connectivity index (χ4v) is 2.37. The van der Waals surface area contributed by atoms with Gasteiger partial charge in [-0.2, -0.15) is 0 Å². The summed E-state index contributed by atoms with van der Waals surface area (Å²) in [7, 11) is 3.47. The SMILES string of the molecule is CCOc1ccccc1CNC(=NCc1ccccc1)NCC(=O)N(C)C. The van der Waals surface area contributed by atoms with Crippen LogP contribution in [0.3, 0.4) is 0 Å². The molecule has 0 spiro atoms. The van der Waals surface area contributed by atoms with Crippen LogP contribution in [-0.2, 0) is 17.9 Å². The van der Waals surface area contributed by atoms with Crippen LogP contribution in [0.15, 0.2) is 59.6 Å². The molecule has 0 bridgehead atoms. The number of hydrogen-bond acceptors (Lipinski definition) is 3. The molecule has 1 amide bonds. The molecule has 0 aliphatic carbocycles. The second-order valence-corrected chi connectivity index (χ2v) is 6.19. The lowest BCUT2D eigenvalue weighted by molar-refractivity contribution is -0.127. The Morgan fingerprint density at radius 3 is 2.44 bits per heavy atom. The van der Waals surface area contributed by atoms with Crippen molar-refractivity contribution in [2.75, 3.05) is 27.2 Å². The lowest BCUT2D eigenvalue weighted by Gasteiger charge is -2.16. The number of likely N-dealkylation sites (N-methyl/N-ethyl adjacent to an activating group) is 1. The molecule has 6 heteroatoms. The molecule has 0 radical (unpaired) electrons. The van der Waals surface area contributed by atoms with E-state index < -0.39 is 0 Å². The van der Waals surface area contributed by atoms with E-state index in [1.54, 1.807) is 19.0 Å². The Bertz CT molecular complexity index is 745. The van der Waals surface area contributed by atoms with Crippen molar-refractivity contribution in [2.24, 2.45) is 4.99 Å². The van der Waals surface area contributed by atoms with E-state index in [1.807, 2.05) is 61.5 Å². The van der Waals surface area contributed by atoms with Gasteiger partial charge in [-0.1, -0.05) is 48.5 Å². The summed E-state index contributed by atoms with van der Waals surface area (Å²) in [6, 6.07) is 17.9. The zero-order chi connectivity index (χ0) is 19.5. The molecule has 0 aliphatic rings. The zero-order valence-corrected chi connectivity index (χ0v) is 16.2. The molecule has 6 nitrogen and oxygen atoms in total. The Morgan fingerprint density at radius 2 is 1.74 bits per heavy atom. The number of rotatable bonds is 8. The van der Waals surface area contributed by atoms with E-state index in [2.05, 4.69) is 15.6 Å². The van der Waals surface area contributed by atoms with E-state index in [-0.39, 0.29) is 12.5 Å². The lowest BCUT2D eigenvalue weighted by atomic mass is 10.2. The van der Waals surface area contributed by atoms with Crippen molar-refractivity contribution in [3.05, 3.63) is 65.7 Å². The van der Waals surface area contributed by atoms with E-state index in [4.69, 9.17) is 4.74 Å². The van der Waals surface area contributed by atoms with Gasteiger partial charge in [0.1, 0.15) is 5.75 Å².